The number of nitrogens with one attached hydrogen (secondary N) is 1. The van der Waals surface area contributed by atoms with Gasteiger partial charge in [0.1, 0.15) is 6.04 Å². The first-order valence-electron chi connectivity index (χ1n) is 6.41. The number of hydrogen-bond acceptors (Lipinski definition) is 4. The molecule has 2 unspecified atom stereocenters. The van der Waals surface area contributed by atoms with Gasteiger partial charge in [0.2, 0.25) is 15.9 Å². The van der Waals surface area contributed by atoms with Gasteiger partial charge in [-0.25, -0.2) is 8.42 Å². The molecule has 0 spiro atoms. The maximum Gasteiger partial charge on any atom is 0.243 e. The highest BCUT2D eigenvalue weighted by molar-refractivity contribution is 7.89. The first kappa shape index (κ1) is 15.0. The second-order valence-corrected chi connectivity index (χ2v) is 6.72. The molecule has 0 saturated carbocycles. The molecule has 1 aromatic carbocycles. The minimum Gasteiger partial charge on any atom is -0.389 e. The number of amides is 1. The summed E-state index contributed by atoms with van der Waals surface area (Å²) in [6.07, 6.45) is -0.647. The quantitative estimate of drug-likeness (QED) is 0.837. The zero-order valence-electron chi connectivity index (χ0n) is 11.4. The molecule has 1 saturated heterocycles. The smallest absolute Gasteiger partial charge is 0.243 e. The Balaban J connectivity index is 2.32. The van der Waals surface area contributed by atoms with Crippen molar-refractivity contribution < 1.29 is 18.3 Å². The lowest BCUT2D eigenvalue weighted by Crippen LogP contribution is -2.55. The average Bonchev–Trinajstić information content (AvgIpc) is 2.41. The summed E-state index contributed by atoms with van der Waals surface area (Å²) in [6, 6.07) is 5.34. The van der Waals surface area contributed by atoms with Crippen molar-refractivity contribution in [2.24, 2.45) is 0 Å². The van der Waals surface area contributed by atoms with Crippen molar-refractivity contribution in [3.63, 3.8) is 0 Å². The van der Waals surface area contributed by atoms with E-state index in [0.717, 1.165) is 0 Å². The summed E-state index contributed by atoms with van der Waals surface area (Å²) in [6.45, 7) is 3.75. The third-order valence-electron chi connectivity index (χ3n) is 3.41. The average molecular weight is 298 g/mol. The summed E-state index contributed by atoms with van der Waals surface area (Å²) >= 11 is 0. The van der Waals surface area contributed by atoms with E-state index in [4.69, 9.17) is 0 Å². The van der Waals surface area contributed by atoms with Crippen LogP contribution >= 0.6 is 0 Å². The Hall–Kier alpha value is -1.44. The Morgan fingerprint density at radius 2 is 1.95 bits per heavy atom. The molecule has 1 aliphatic heterocycles. The van der Waals surface area contributed by atoms with Gasteiger partial charge in [-0.2, -0.15) is 4.31 Å². The van der Waals surface area contributed by atoms with Gasteiger partial charge in [0.05, 0.1) is 11.0 Å². The molecule has 0 radical (unpaired) electrons. The topological polar surface area (TPSA) is 86.7 Å². The molecule has 1 aromatic rings. The number of benzene rings is 1. The largest absolute Gasteiger partial charge is 0.389 e. The molecule has 6 nitrogen and oxygen atoms in total. The molecule has 0 aromatic heterocycles. The van der Waals surface area contributed by atoms with E-state index >= 15 is 0 Å². The number of hydrogen-bond donors (Lipinski definition) is 2. The zero-order chi connectivity index (χ0) is 14.9. The van der Waals surface area contributed by atoms with Crippen LogP contribution in [0.4, 0.5) is 0 Å². The summed E-state index contributed by atoms with van der Waals surface area (Å²) in [7, 11) is -3.70. The molecule has 2 N–H and O–H groups in total. The van der Waals surface area contributed by atoms with Crippen LogP contribution in [-0.2, 0) is 14.8 Å². The molecule has 1 heterocycles. The van der Waals surface area contributed by atoms with E-state index in [1.807, 2.05) is 0 Å². The SMILES string of the molecule is CC(O)c1ccc(S(=O)(=O)N2CCNC(=O)C2C)cc1. The second kappa shape index (κ2) is 5.51. The summed E-state index contributed by atoms with van der Waals surface area (Å²) in [5, 5.41) is 12.1. The number of aliphatic hydroxyl groups is 1. The van der Waals surface area contributed by atoms with Gasteiger partial charge in [-0.15, -0.1) is 0 Å². The molecule has 2 atom stereocenters. The zero-order valence-corrected chi connectivity index (χ0v) is 12.2. The van der Waals surface area contributed by atoms with Gasteiger partial charge in [0, 0.05) is 13.1 Å². The molecule has 0 aliphatic carbocycles. The van der Waals surface area contributed by atoms with E-state index in [1.165, 1.54) is 16.4 Å². The fourth-order valence-corrected chi connectivity index (χ4v) is 3.74. The molecule has 110 valence electrons. The molecular formula is C13H18N2O4S. The van der Waals surface area contributed by atoms with Crippen LogP contribution in [-0.4, -0.2) is 42.9 Å². The number of nitrogens with zero attached hydrogens (tertiary/aromatic N) is 1. The highest BCUT2D eigenvalue weighted by atomic mass is 32.2. The lowest BCUT2D eigenvalue weighted by atomic mass is 10.1. The number of aliphatic hydroxyl groups excluding tert-OH is 1. The van der Waals surface area contributed by atoms with E-state index in [2.05, 4.69) is 5.32 Å². The molecule has 2 rings (SSSR count). The van der Waals surface area contributed by atoms with Crippen LogP contribution in [0, 0.1) is 0 Å². The Kier molecular flexibility index (Phi) is 4.12. The maximum atomic E-state index is 12.5. The maximum absolute atomic E-state index is 12.5. The second-order valence-electron chi connectivity index (χ2n) is 4.83. The third-order valence-corrected chi connectivity index (χ3v) is 5.40. The van der Waals surface area contributed by atoms with E-state index in [-0.39, 0.29) is 17.3 Å². The molecular weight excluding hydrogens is 280 g/mol. The number of rotatable bonds is 3. The lowest BCUT2D eigenvalue weighted by Gasteiger charge is -2.31. The van der Waals surface area contributed by atoms with Gasteiger partial charge >= 0.3 is 0 Å². The first-order chi connectivity index (χ1) is 9.34. The van der Waals surface area contributed by atoms with Crippen molar-refractivity contribution >= 4 is 15.9 Å². The summed E-state index contributed by atoms with van der Waals surface area (Å²) < 4.78 is 26.2. The van der Waals surface area contributed by atoms with Gasteiger partial charge in [-0.1, -0.05) is 12.1 Å². The van der Waals surface area contributed by atoms with Crippen LogP contribution < -0.4 is 5.32 Å². The van der Waals surface area contributed by atoms with Crippen LogP contribution in [0.15, 0.2) is 29.2 Å². The van der Waals surface area contributed by atoms with Crippen LogP contribution in [0.3, 0.4) is 0 Å². The fraction of sp³-hybridized carbons (Fsp3) is 0.462. The van der Waals surface area contributed by atoms with Crippen LogP contribution in [0.5, 0.6) is 0 Å². The molecule has 1 aliphatic rings. The van der Waals surface area contributed by atoms with E-state index in [0.29, 0.717) is 12.1 Å². The Morgan fingerprint density at radius 1 is 1.35 bits per heavy atom. The summed E-state index contributed by atoms with van der Waals surface area (Å²) in [5.74, 6) is -0.291. The first-order valence-corrected chi connectivity index (χ1v) is 7.85. The standard InChI is InChI=1S/C13H18N2O4S/c1-9-13(17)14-7-8-15(9)20(18,19)12-5-3-11(4-6-12)10(2)16/h3-6,9-10,16H,7-8H2,1-2H3,(H,14,17). The number of carbonyl (C=O) groups excluding carboxylic acids is 1. The molecule has 20 heavy (non-hydrogen) atoms. The number of sulfonamides is 1. The van der Waals surface area contributed by atoms with E-state index in [1.54, 1.807) is 26.0 Å². The van der Waals surface area contributed by atoms with E-state index in [9.17, 15) is 18.3 Å². The van der Waals surface area contributed by atoms with Crippen molar-refractivity contribution in [2.45, 2.75) is 30.9 Å². The van der Waals surface area contributed by atoms with Crippen molar-refractivity contribution in [3.05, 3.63) is 29.8 Å². The molecule has 0 bridgehead atoms. The Bertz CT molecular complexity index is 595. The monoisotopic (exact) mass is 298 g/mol. The van der Waals surface area contributed by atoms with Gasteiger partial charge in [-0.05, 0) is 31.5 Å². The number of piperazine rings is 1. The normalized spacial score (nSPS) is 22.4. The predicted octanol–water partition coefficient (Wildman–Crippen LogP) is 0.249. The van der Waals surface area contributed by atoms with Gasteiger partial charge in [0.15, 0.2) is 0 Å². The van der Waals surface area contributed by atoms with E-state index < -0.39 is 22.2 Å². The molecule has 7 heteroatoms. The fourth-order valence-electron chi connectivity index (χ4n) is 2.14. The lowest BCUT2D eigenvalue weighted by molar-refractivity contribution is -0.126. The molecule has 1 fully saturated rings. The van der Waals surface area contributed by atoms with Crippen molar-refractivity contribution in [3.8, 4) is 0 Å². The third kappa shape index (κ3) is 2.70. The van der Waals surface area contributed by atoms with Crippen molar-refractivity contribution in [1.29, 1.82) is 0 Å². The number of carbonyl (C=O) groups is 1. The van der Waals surface area contributed by atoms with Gasteiger partial charge < -0.3 is 10.4 Å². The highest BCUT2D eigenvalue weighted by Crippen LogP contribution is 2.21. The van der Waals surface area contributed by atoms with Crippen LogP contribution in [0.2, 0.25) is 0 Å². The van der Waals surface area contributed by atoms with Crippen LogP contribution in [0.1, 0.15) is 25.5 Å². The van der Waals surface area contributed by atoms with Gasteiger partial charge in [0.25, 0.3) is 0 Å². The van der Waals surface area contributed by atoms with Crippen LogP contribution in [0.25, 0.3) is 0 Å². The van der Waals surface area contributed by atoms with Gasteiger partial charge in [-0.3, -0.25) is 4.79 Å². The Labute approximate surface area is 118 Å². The Morgan fingerprint density at radius 3 is 2.50 bits per heavy atom. The highest BCUT2D eigenvalue weighted by Gasteiger charge is 2.35. The minimum absolute atomic E-state index is 0.128. The summed E-state index contributed by atoms with van der Waals surface area (Å²) in [4.78, 5) is 11.7. The summed E-state index contributed by atoms with van der Waals surface area (Å²) in [5.41, 5.74) is 0.647. The van der Waals surface area contributed by atoms with Crippen molar-refractivity contribution in [1.82, 2.24) is 9.62 Å². The molecule has 1 amide bonds. The van der Waals surface area contributed by atoms with Crippen molar-refractivity contribution in [2.75, 3.05) is 13.1 Å². The predicted molar refractivity (Wildman–Crippen MR) is 73.4 cm³/mol. The minimum atomic E-state index is -3.70.